The van der Waals surface area contributed by atoms with Crippen LogP contribution in [0.1, 0.15) is 12.8 Å². The molecule has 1 fully saturated rings. The first-order chi connectivity index (χ1) is 8.24. The van der Waals surface area contributed by atoms with E-state index >= 15 is 0 Å². The van der Waals surface area contributed by atoms with Crippen molar-refractivity contribution >= 4 is 12.1 Å². The smallest absolute Gasteiger partial charge is 0.151 e. The van der Waals surface area contributed by atoms with Crippen LogP contribution in [-0.2, 0) is 0 Å². The molecule has 2 aliphatic rings. The standard InChI is InChI=1S/C11H20N6/c1-13-11(9-7-15-16-10(9)12)17(2)8-4-3-5-14-6-8/h7-8,13-14H,3-6H2,1-2H3,(H2,12,16)/b11-9+/t8-/m0/s1. The van der Waals surface area contributed by atoms with Gasteiger partial charge in [-0.05, 0) is 19.4 Å². The maximum Gasteiger partial charge on any atom is 0.151 e. The van der Waals surface area contributed by atoms with Crippen molar-refractivity contribution in [2.45, 2.75) is 18.9 Å². The topological polar surface area (TPSA) is 75.5 Å². The quantitative estimate of drug-likeness (QED) is 0.541. The minimum absolute atomic E-state index is 0.352. The van der Waals surface area contributed by atoms with E-state index in [2.05, 4.69) is 33.1 Å². The normalized spacial score (nSPS) is 26.7. The third kappa shape index (κ3) is 2.41. The minimum Gasteiger partial charge on any atom is -0.374 e. The first kappa shape index (κ1) is 11.9. The molecule has 6 heteroatoms. The molecule has 94 valence electrons. The summed E-state index contributed by atoms with van der Waals surface area (Å²) in [4.78, 5) is 2.20. The third-order valence-corrected chi connectivity index (χ3v) is 3.30. The second-order valence-corrected chi connectivity index (χ2v) is 4.37. The number of nitrogens with zero attached hydrogens (tertiary/aromatic N) is 2. The van der Waals surface area contributed by atoms with Crippen LogP contribution in [0.5, 0.6) is 0 Å². The van der Waals surface area contributed by atoms with Crippen LogP contribution in [0, 0.1) is 5.41 Å². The molecule has 2 heterocycles. The fourth-order valence-electron chi connectivity index (χ4n) is 2.31. The van der Waals surface area contributed by atoms with Crippen molar-refractivity contribution in [2.75, 3.05) is 27.2 Å². The molecule has 0 amide bonds. The van der Waals surface area contributed by atoms with E-state index < -0.39 is 0 Å². The minimum atomic E-state index is 0.352. The largest absolute Gasteiger partial charge is 0.374 e. The van der Waals surface area contributed by atoms with Gasteiger partial charge in [-0.3, -0.25) is 10.8 Å². The predicted octanol–water partition coefficient (Wildman–Crippen LogP) is -0.333. The Bertz CT molecular complexity index is 353. The molecular formula is C11H20N6. The van der Waals surface area contributed by atoms with Crippen LogP contribution in [0.15, 0.2) is 16.5 Å². The highest BCUT2D eigenvalue weighted by molar-refractivity contribution is 6.17. The Morgan fingerprint density at radius 1 is 1.65 bits per heavy atom. The fourth-order valence-corrected chi connectivity index (χ4v) is 2.31. The number of rotatable bonds is 3. The van der Waals surface area contributed by atoms with Gasteiger partial charge in [0.05, 0.1) is 11.8 Å². The van der Waals surface area contributed by atoms with Gasteiger partial charge in [-0.2, -0.15) is 5.10 Å². The van der Waals surface area contributed by atoms with Gasteiger partial charge in [0.2, 0.25) is 0 Å². The molecule has 0 bridgehead atoms. The van der Waals surface area contributed by atoms with E-state index in [4.69, 9.17) is 5.41 Å². The Hall–Kier alpha value is -1.56. The predicted molar refractivity (Wildman–Crippen MR) is 69.1 cm³/mol. The van der Waals surface area contributed by atoms with Gasteiger partial charge in [-0.1, -0.05) is 0 Å². The van der Waals surface area contributed by atoms with Crippen molar-refractivity contribution in [1.82, 2.24) is 21.0 Å². The van der Waals surface area contributed by atoms with Crippen molar-refractivity contribution in [2.24, 2.45) is 5.10 Å². The molecular weight excluding hydrogens is 216 g/mol. The number of amidine groups is 1. The van der Waals surface area contributed by atoms with Crippen LogP contribution in [0.4, 0.5) is 0 Å². The average Bonchev–Trinajstić information content (AvgIpc) is 2.78. The lowest BCUT2D eigenvalue weighted by atomic mass is 10.1. The molecule has 0 radical (unpaired) electrons. The summed E-state index contributed by atoms with van der Waals surface area (Å²) in [5, 5.41) is 18.3. The Morgan fingerprint density at radius 2 is 2.47 bits per heavy atom. The van der Waals surface area contributed by atoms with Crippen molar-refractivity contribution in [3.8, 4) is 0 Å². The van der Waals surface area contributed by atoms with Crippen molar-refractivity contribution in [1.29, 1.82) is 5.41 Å². The summed E-state index contributed by atoms with van der Waals surface area (Å²) in [5.41, 5.74) is 3.47. The molecule has 6 nitrogen and oxygen atoms in total. The molecule has 1 atom stereocenters. The first-order valence-electron chi connectivity index (χ1n) is 5.97. The molecule has 2 rings (SSSR count). The Kier molecular flexibility index (Phi) is 3.63. The molecule has 17 heavy (non-hydrogen) atoms. The highest BCUT2D eigenvalue weighted by Gasteiger charge is 2.23. The van der Waals surface area contributed by atoms with Crippen LogP contribution < -0.4 is 16.1 Å². The van der Waals surface area contributed by atoms with Crippen molar-refractivity contribution in [3.63, 3.8) is 0 Å². The summed E-state index contributed by atoms with van der Waals surface area (Å²) in [6.07, 6.45) is 4.08. The summed E-state index contributed by atoms with van der Waals surface area (Å²) in [5.74, 6) is 1.31. The Labute approximate surface area is 102 Å². The fraction of sp³-hybridized carbons (Fsp3) is 0.636. The number of hydrogen-bond acceptors (Lipinski definition) is 5. The molecule has 0 aromatic rings. The molecule has 0 aliphatic carbocycles. The summed E-state index contributed by atoms with van der Waals surface area (Å²) in [7, 11) is 3.95. The zero-order valence-electron chi connectivity index (χ0n) is 10.4. The number of piperidine rings is 1. The zero-order valence-corrected chi connectivity index (χ0v) is 10.4. The lowest BCUT2D eigenvalue weighted by molar-refractivity contribution is 0.238. The van der Waals surface area contributed by atoms with Gasteiger partial charge in [0.25, 0.3) is 0 Å². The summed E-state index contributed by atoms with van der Waals surface area (Å²) >= 11 is 0. The summed E-state index contributed by atoms with van der Waals surface area (Å²) in [6, 6.07) is 0.473. The second kappa shape index (κ2) is 5.18. The van der Waals surface area contributed by atoms with Gasteiger partial charge < -0.3 is 15.5 Å². The summed E-state index contributed by atoms with van der Waals surface area (Å²) < 4.78 is 0. The molecule has 0 aromatic heterocycles. The van der Waals surface area contributed by atoms with Gasteiger partial charge >= 0.3 is 0 Å². The molecule has 0 aromatic carbocycles. The lowest BCUT2D eigenvalue weighted by Crippen LogP contribution is -2.46. The van der Waals surface area contributed by atoms with Crippen LogP contribution >= 0.6 is 0 Å². The number of hydrazone groups is 1. The SMILES string of the molecule is CN/C(=C1/C=NNC1=N)N(C)[C@H]1CCCNC1. The second-order valence-electron chi connectivity index (χ2n) is 4.37. The van der Waals surface area contributed by atoms with Crippen molar-refractivity contribution < 1.29 is 0 Å². The molecule has 1 saturated heterocycles. The number of likely N-dealkylation sites (N-methyl/N-ethyl adjacent to an activating group) is 1. The highest BCUT2D eigenvalue weighted by Crippen LogP contribution is 2.15. The van der Waals surface area contributed by atoms with Gasteiger partial charge in [0.1, 0.15) is 5.82 Å². The van der Waals surface area contributed by atoms with E-state index in [9.17, 15) is 0 Å². The van der Waals surface area contributed by atoms with Crippen LogP contribution in [0.3, 0.4) is 0 Å². The van der Waals surface area contributed by atoms with E-state index in [1.54, 1.807) is 6.21 Å². The molecule has 0 spiro atoms. The number of hydrogen-bond donors (Lipinski definition) is 4. The molecule has 2 aliphatic heterocycles. The van der Waals surface area contributed by atoms with Crippen molar-refractivity contribution in [3.05, 3.63) is 11.4 Å². The van der Waals surface area contributed by atoms with Crippen LogP contribution in [-0.4, -0.2) is 50.2 Å². The Morgan fingerprint density at radius 3 is 3.00 bits per heavy atom. The Balaban J connectivity index is 2.17. The maximum atomic E-state index is 7.77. The van der Waals surface area contributed by atoms with Gasteiger partial charge in [0.15, 0.2) is 5.84 Å². The highest BCUT2D eigenvalue weighted by atomic mass is 15.3. The zero-order chi connectivity index (χ0) is 12.3. The molecule has 4 N–H and O–H groups in total. The molecule has 0 unspecified atom stereocenters. The lowest BCUT2D eigenvalue weighted by Gasteiger charge is -2.35. The van der Waals surface area contributed by atoms with E-state index in [1.165, 1.54) is 12.8 Å². The van der Waals surface area contributed by atoms with Gasteiger partial charge in [-0.15, -0.1) is 0 Å². The maximum absolute atomic E-state index is 7.77. The average molecular weight is 236 g/mol. The van der Waals surface area contributed by atoms with E-state index in [-0.39, 0.29) is 0 Å². The van der Waals surface area contributed by atoms with E-state index in [1.807, 2.05) is 7.05 Å². The number of nitrogens with one attached hydrogen (secondary N) is 4. The van der Waals surface area contributed by atoms with E-state index in [0.717, 1.165) is 24.5 Å². The third-order valence-electron chi connectivity index (χ3n) is 3.30. The van der Waals surface area contributed by atoms with Gasteiger partial charge in [0, 0.05) is 26.7 Å². The monoisotopic (exact) mass is 236 g/mol. The van der Waals surface area contributed by atoms with E-state index in [0.29, 0.717) is 11.9 Å². The molecule has 0 saturated carbocycles. The first-order valence-corrected chi connectivity index (χ1v) is 5.97. The van der Waals surface area contributed by atoms with Crippen LogP contribution in [0.2, 0.25) is 0 Å². The van der Waals surface area contributed by atoms with Gasteiger partial charge in [-0.25, -0.2) is 0 Å². The van der Waals surface area contributed by atoms with Crippen LogP contribution in [0.25, 0.3) is 0 Å². The summed E-state index contributed by atoms with van der Waals surface area (Å²) in [6.45, 7) is 2.10.